The zero-order chi connectivity index (χ0) is 21.9. The number of carbonyl (C=O) groups is 1. The summed E-state index contributed by atoms with van der Waals surface area (Å²) in [5.41, 5.74) is 2.16. The number of anilines is 1. The summed E-state index contributed by atoms with van der Waals surface area (Å²) in [6.45, 7) is 1.30. The molecule has 0 unspecified atom stereocenters. The molecule has 0 spiro atoms. The predicted molar refractivity (Wildman–Crippen MR) is 109 cm³/mol. The summed E-state index contributed by atoms with van der Waals surface area (Å²) in [5.74, 6) is -0.540. The number of halogens is 2. The van der Waals surface area contributed by atoms with Gasteiger partial charge in [0.2, 0.25) is 15.9 Å². The maximum Gasteiger partial charge on any atom is 0.387 e. The predicted octanol–water partition coefficient (Wildman–Crippen LogP) is 3.94. The molecule has 0 atom stereocenters. The Labute approximate surface area is 174 Å². The zero-order valence-corrected chi connectivity index (χ0v) is 17.6. The number of aryl methyl sites for hydroxylation is 2. The molecule has 0 aromatic heterocycles. The van der Waals surface area contributed by atoms with Crippen LogP contribution in [0.15, 0.2) is 47.4 Å². The Bertz CT molecular complexity index is 1000. The number of alkyl halides is 2. The van der Waals surface area contributed by atoms with Crippen LogP contribution < -0.4 is 10.1 Å². The van der Waals surface area contributed by atoms with Gasteiger partial charge in [0, 0.05) is 24.7 Å². The lowest BCUT2D eigenvalue weighted by molar-refractivity contribution is -0.120. The van der Waals surface area contributed by atoms with Crippen LogP contribution in [-0.4, -0.2) is 38.3 Å². The Kier molecular flexibility index (Phi) is 6.72. The van der Waals surface area contributed by atoms with Crippen molar-refractivity contribution in [2.75, 3.05) is 18.4 Å². The molecule has 1 fully saturated rings. The average Bonchev–Trinajstić information content (AvgIpc) is 2.69. The van der Waals surface area contributed by atoms with Crippen molar-refractivity contribution in [1.82, 2.24) is 4.31 Å². The van der Waals surface area contributed by atoms with Gasteiger partial charge in [-0.25, -0.2) is 8.42 Å². The molecule has 6 nitrogen and oxygen atoms in total. The number of carbonyl (C=O) groups excluding carboxylic acids is 1. The van der Waals surface area contributed by atoms with E-state index in [0.29, 0.717) is 29.0 Å². The molecule has 1 saturated heterocycles. The number of nitrogens with zero attached hydrogens (tertiary/aromatic N) is 1. The Hall–Kier alpha value is -2.52. The third-order valence-corrected chi connectivity index (χ3v) is 7.18. The standard InChI is InChI=1S/C21H24F2N2O4S/c1-14-3-8-19(15(2)13-14)30(27,28)25-11-9-16(10-12-25)20(26)24-17-4-6-18(7-5-17)29-21(22)23/h3-8,13,16,21H,9-12H2,1-2H3,(H,24,26). The van der Waals surface area contributed by atoms with Crippen molar-refractivity contribution in [2.24, 2.45) is 5.92 Å². The summed E-state index contributed by atoms with van der Waals surface area (Å²) in [7, 11) is -3.61. The SMILES string of the molecule is Cc1ccc(S(=O)(=O)N2CCC(C(=O)Nc3ccc(OC(F)F)cc3)CC2)c(C)c1. The van der Waals surface area contributed by atoms with Crippen molar-refractivity contribution in [2.45, 2.75) is 38.2 Å². The summed E-state index contributed by atoms with van der Waals surface area (Å²) < 4.78 is 56.0. The Balaban J connectivity index is 1.59. The molecular weight excluding hydrogens is 414 g/mol. The van der Waals surface area contributed by atoms with Crippen LogP contribution >= 0.6 is 0 Å². The molecule has 2 aromatic carbocycles. The van der Waals surface area contributed by atoms with E-state index in [9.17, 15) is 22.0 Å². The number of rotatable bonds is 6. The molecule has 1 amide bonds. The van der Waals surface area contributed by atoms with Gasteiger partial charge in [-0.3, -0.25) is 4.79 Å². The van der Waals surface area contributed by atoms with Crippen LogP contribution in [0.5, 0.6) is 5.75 Å². The first-order chi connectivity index (χ1) is 14.2. The third-order valence-electron chi connectivity index (χ3n) is 5.12. The fourth-order valence-electron chi connectivity index (χ4n) is 3.55. The minimum atomic E-state index is -3.61. The van der Waals surface area contributed by atoms with Gasteiger partial charge in [-0.1, -0.05) is 17.7 Å². The van der Waals surface area contributed by atoms with Gasteiger partial charge in [0.15, 0.2) is 0 Å². The van der Waals surface area contributed by atoms with E-state index in [2.05, 4.69) is 10.1 Å². The third kappa shape index (κ3) is 5.14. The molecule has 1 N–H and O–H groups in total. The van der Waals surface area contributed by atoms with E-state index in [1.54, 1.807) is 19.1 Å². The normalized spacial score (nSPS) is 15.9. The van der Waals surface area contributed by atoms with Gasteiger partial charge in [0.05, 0.1) is 4.90 Å². The van der Waals surface area contributed by atoms with Crippen LogP contribution in [-0.2, 0) is 14.8 Å². The van der Waals surface area contributed by atoms with Crippen LogP contribution in [0.2, 0.25) is 0 Å². The maximum atomic E-state index is 13.0. The van der Waals surface area contributed by atoms with E-state index in [-0.39, 0.29) is 30.7 Å². The summed E-state index contributed by atoms with van der Waals surface area (Å²) in [6, 6.07) is 10.9. The number of hydrogen-bond donors (Lipinski definition) is 1. The number of benzene rings is 2. The van der Waals surface area contributed by atoms with Crippen molar-refractivity contribution >= 4 is 21.6 Å². The minimum absolute atomic E-state index is 0.00733. The lowest BCUT2D eigenvalue weighted by Gasteiger charge is -2.31. The first-order valence-electron chi connectivity index (χ1n) is 9.60. The first-order valence-corrected chi connectivity index (χ1v) is 11.0. The summed E-state index contributed by atoms with van der Waals surface area (Å²) >= 11 is 0. The van der Waals surface area contributed by atoms with Gasteiger partial charge in [-0.2, -0.15) is 13.1 Å². The molecule has 1 aliphatic heterocycles. The maximum absolute atomic E-state index is 13.0. The van der Waals surface area contributed by atoms with Gasteiger partial charge < -0.3 is 10.1 Å². The van der Waals surface area contributed by atoms with Crippen LogP contribution in [0.3, 0.4) is 0 Å². The largest absolute Gasteiger partial charge is 0.435 e. The monoisotopic (exact) mass is 438 g/mol. The molecule has 0 bridgehead atoms. The van der Waals surface area contributed by atoms with E-state index in [4.69, 9.17) is 0 Å². The second-order valence-electron chi connectivity index (χ2n) is 7.34. The summed E-state index contributed by atoms with van der Waals surface area (Å²) in [5, 5.41) is 2.74. The van der Waals surface area contributed by atoms with Gasteiger partial charge >= 0.3 is 6.61 Å². The smallest absolute Gasteiger partial charge is 0.387 e. The molecule has 0 saturated carbocycles. The van der Waals surface area contributed by atoms with E-state index < -0.39 is 16.6 Å². The highest BCUT2D eigenvalue weighted by Gasteiger charge is 2.32. The molecule has 0 aliphatic carbocycles. The molecule has 9 heteroatoms. The Morgan fingerprint density at radius 2 is 1.73 bits per heavy atom. The number of piperidine rings is 1. The van der Waals surface area contributed by atoms with Crippen molar-refractivity contribution in [3.05, 3.63) is 53.6 Å². The summed E-state index contributed by atoms with van der Waals surface area (Å²) in [6.07, 6.45) is 0.811. The number of nitrogens with one attached hydrogen (secondary N) is 1. The molecule has 162 valence electrons. The Morgan fingerprint density at radius 3 is 2.30 bits per heavy atom. The Morgan fingerprint density at radius 1 is 1.10 bits per heavy atom. The molecular formula is C21H24F2N2O4S. The highest BCUT2D eigenvalue weighted by atomic mass is 32.2. The molecule has 3 rings (SSSR count). The van der Waals surface area contributed by atoms with Crippen LogP contribution in [0, 0.1) is 19.8 Å². The van der Waals surface area contributed by atoms with E-state index in [1.165, 1.54) is 28.6 Å². The van der Waals surface area contributed by atoms with Crippen LogP contribution in [0.4, 0.5) is 14.5 Å². The van der Waals surface area contributed by atoms with E-state index in [0.717, 1.165) is 5.56 Å². The molecule has 30 heavy (non-hydrogen) atoms. The minimum Gasteiger partial charge on any atom is -0.435 e. The van der Waals surface area contributed by atoms with Crippen molar-refractivity contribution in [3.63, 3.8) is 0 Å². The van der Waals surface area contributed by atoms with Gasteiger partial charge in [0.25, 0.3) is 0 Å². The molecule has 2 aromatic rings. The van der Waals surface area contributed by atoms with Gasteiger partial charge in [0.1, 0.15) is 5.75 Å². The zero-order valence-electron chi connectivity index (χ0n) is 16.8. The second kappa shape index (κ2) is 9.09. The average molecular weight is 438 g/mol. The topological polar surface area (TPSA) is 75.7 Å². The fraction of sp³-hybridized carbons (Fsp3) is 0.381. The molecule has 0 radical (unpaired) electrons. The quantitative estimate of drug-likeness (QED) is 0.741. The van der Waals surface area contributed by atoms with Gasteiger partial charge in [-0.15, -0.1) is 0 Å². The van der Waals surface area contributed by atoms with Crippen LogP contribution in [0.25, 0.3) is 0 Å². The second-order valence-corrected chi connectivity index (χ2v) is 9.25. The number of ether oxygens (including phenoxy) is 1. The molecule has 1 aliphatic rings. The van der Waals surface area contributed by atoms with E-state index in [1.807, 2.05) is 13.0 Å². The van der Waals surface area contributed by atoms with Crippen molar-refractivity contribution in [3.8, 4) is 5.75 Å². The lowest BCUT2D eigenvalue weighted by atomic mass is 9.97. The lowest BCUT2D eigenvalue weighted by Crippen LogP contribution is -2.41. The van der Waals surface area contributed by atoms with Crippen molar-refractivity contribution < 1.29 is 26.7 Å². The van der Waals surface area contributed by atoms with Gasteiger partial charge in [-0.05, 0) is 62.6 Å². The van der Waals surface area contributed by atoms with E-state index >= 15 is 0 Å². The fourth-order valence-corrected chi connectivity index (χ4v) is 5.23. The number of amides is 1. The number of sulfonamides is 1. The van der Waals surface area contributed by atoms with Crippen LogP contribution in [0.1, 0.15) is 24.0 Å². The highest BCUT2D eigenvalue weighted by Crippen LogP contribution is 2.27. The number of hydrogen-bond acceptors (Lipinski definition) is 4. The highest BCUT2D eigenvalue weighted by molar-refractivity contribution is 7.89. The first kappa shape index (κ1) is 22.2. The summed E-state index contributed by atoms with van der Waals surface area (Å²) in [4.78, 5) is 12.8. The molecule has 1 heterocycles. The van der Waals surface area contributed by atoms with Crippen molar-refractivity contribution in [1.29, 1.82) is 0 Å².